The highest BCUT2D eigenvalue weighted by Crippen LogP contribution is 2.40. The zero-order valence-corrected chi connectivity index (χ0v) is 15.9. The molecule has 0 unspecified atom stereocenters. The summed E-state index contributed by atoms with van der Waals surface area (Å²) in [6.07, 6.45) is 6.83. The molecule has 26 heavy (non-hydrogen) atoms. The summed E-state index contributed by atoms with van der Waals surface area (Å²) < 4.78 is 0. The van der Waals surface area contributed by atoms with E-state index in [0.29, 0.717) is 16.5 Å². The van der Waals surface area contributed by atoms with E-state index >= 15 is 0 Å². The van der Waals surface area contributed by atoms with E-state index in [9.17, 15) is 14.4 Å². The smallest absolute Gasteiger partial charge is 0.303 e. The molecule has 0 aromatic carbocycles. The summed E-state index contributed by atoms with van der Waals surface area (Å²) in [6, 6.07) is 0.219. The molecule has 1 aromatic heterocycles. The van der Waals surface area contributed by atoms with E-state index in [4.69, 9.17) is 5.11 Å². The molecule has 2 aliphatic carbocycles. The van der Waals surface area contributed by atoms with E-state index in [1.807, 2.05) is 0 Å². The van der Waals surface area contributed by atoms with E-state index in [2.05, 4.69) is 17.6 Å². The van der Waals surface area contributed by atoms with Gasteiger partial charge in [-0.2, -0.15) is 0 Å². The molecule has 3 N–H and O–H groups in total. The van der Waals surface area contributed by atoms with Crippen molar-refractivity contribution in [1.82, 2.24) is 5.32 Å². The average molecular weight is 378 g/mol. The number of carboxylic acid groups (broad SMARTS) is 1. The molecule has 0 aliphatic heterocycles. The van der Waals surface area contributed by atoms with Crippen LogP contribution in [-0.2, 0) is 22.4 Å². The molecule has 6 nitrogen and oxygen atoms in total. The van der Waals surface area contributed by atoms with Gasteiger partial charge in [-0.05, 0) is 43.6 Å². The van der Waals surface area contributed by atoms with Crippen LogP contribution in [0.5, 0.6) is 0 Å². The molecule has 1 atom stereocenters. The van der Waals surface area contributed by atoms with Crippen LogP contribution in [0.2, 0.25) is 0 Å². The van der Waals surface area contributed by atoms with Crippen LogP contribution >= 0.6 is 11.3 Å². The molecule has 0 saturated heterocycles. The first-order chi connectivity index (χ1) is 12.4. The lowest BCUT2D eigenvalue weighted by atomic mass is 9.88. The number of carbonyl (C=O) groups excluding carboxylic acids is 2. The van der Waals surface area contributed by atoms with Crippen molar-refractivity contribution in [2.24, 2.45) is 5.92 Å². The molecule has 0 bridgehead atoms. The highest BCUT2D eigenvalue weighted by atomic mass is 32.1. The summed E-state index contributed by atoms with van der Waals surface area (Å²) in [6.45, 7) is 2.20. The van der Waals surface area contributed by atoms with Gasteiger partial charge in [0.2, 0.25) is 5.91 Å². The summed E-state index contributed by atoms with van der Waals surface area (Å²) in [7, 11) is 0. The van der Waals surface area contributed by atoms with Crippen LogP contribution in [-0.4, -0.2) is 28.9 Å². The van der Waals surface area contributed by atoms with Crippen molar-refractivity contribution in [2.75, 3.05) is 5.32 Å². The number of carbonyl (C=O) groups is 3. The van der Waals surface area contributed by atoms with E-state index in [1.54, 1.807) is 0 Å². The van der Waals surface area contributed by atoms with Crippen LogP contribution in [0, 0.1) is 5.92 Å². The van der Waals surface area contributed by atoms with Crippen molar-refractivity contribution < 1.29 is 19.5 Å². The van der Waals surface area contributed by atoms with Gasteiger partial charge in [-0.15, -0.1) is 11.3 Å². The van der Waals surface area contributed by atoms with Crippen molar-refractivity contribution in [3.05, 3.63) is 16.0 Å². The summed E-state index contributed by atoms with van der Waals surface area (Å²) in [5, 5.41) is 15.3. The van der Waals surface area contributed by atoms with Crippen molar-refractivity contribution in [3.63, 3.8) is 0 Å². The normalized spacial score (nSPS) is 19.8. The molecule has 0 radical (unpaired) electrons. The van der Waals surface area contributed by atoms with Crippen LogP contribution in [0.15, 0.2) is 0 Å². The molecule has 0 spiro atoms. The largest absolute Gasteiger partial charge is 0.481 e. The van der Waals surface area contributed by atoms with Crippen molar-refractivity contribution in [2.45, 2.75) is 70.8 Å². The lowest BCUT2D eigenvalue weighted by Crippen LogP contribution is -2.33. The summed E-state index contributed by atoms with van der Waals surface area (Å²) in [5.74, 6) is -0.882. The fraction of sp³-hybridized carbons (Fsp3) is 0.632. The second-order valence-corrected chi connectivity index (χ2v) is 8.56. The molecular weight excluding hydrogens is 352 g/mol. The van der Waals surface area contributed by atoms with Crippen molar-refractivity contribution >= 4 is 34.1 Å². The number of anilines is 1. The second-order valence-electron chi connectivity index (χ2n) is 7.45. The minimum absolute atomic E-state index is 0.0853. The fourth-order valence-electron chi connectivity index (χ4n) is 3.82. The Morgan fingerprint density at radius 2 is 1.88 bits per heavy atom. The number of fused-ring (bicyclic) bond motifs is 1. The minimum atomic E-state index is -1.00. The third-order valence-electron chi connectivity index (χ3n) is 5.25. The van der Waals surface area contributed by atoms with E-state index in [-0.39, 0.29) is 30.7 Å². The van der Waals surface area contributed by atoms with E-state index in [0.717, 1.165) is 50.5 Å². The van der Waals surface area contributed by atoms with E-state index in [1.165, 1.54) is 16.2 Å². The van der Waals surface area contributed by atoms with Crippen LogP contribution in [0.3, 0.4) is 0 Å². The molecule has 7 heteroatoms. The third-order valence-corrected chi connectivity index (χ3v) is 6.42. The average Bonchev–Trinajstić information content (AvgIpc) is 3.19. The summed E-state index contributed by atoms with van der Waals surface area (Å²) in [4.78, 5) is 36.9. The topological polar surface area (TPSA) is 95.5 Å². The van der Waals surface area contributed by atoms with Gasteiger partial charge < -0.3 is 15.7 Å². The standard InChI is InChI=1S/C19H26N2O4S/c1-11-6-7-13-14(10-11)26-19(21-15(22)8-9-16(23)24)17(13)18(25)20-12-4-2-3-5-12/h11-12H,2-10H2,1H3,(H,20,25)(H,21,22)(H,23,24)/t11-/m0/s1. The molecule has 1 fully saturated rings. The van der Waals surface area contributed by atoms with Crippen LogP contribution in [0.4, 0.5) is 5.00 Å². The lowest BCUT2D eigenvalue weighted by molar-refractivity contribution is -0.138. The predicted octanol–water partition coefficient (Wildman–Crippen LogP) is 3.35. The number of thiophene rings is 1. The first-order valence-corrected chi connectivity index (χ1v) is 10.2. The fourth-order valence-corrected chi connectivity index (χ4v) is 5.24. The Labute approximate surface area is 157 Å². The van der Waals surface area contributed by atoms with Crippen molar-refractivity contribution in [1.29, 1.82) is 0 Å². The molecule has 1 aromatic rings. The quantitative estimate of drug-likeness (QED) is 0.707. The first-order valence-electron chi connectivity index (χ1n) is 9.41. The number of amides is 2. The Morgan fingerprint density at radius 1 is 1.15 bits per heavy atom. The third kappa shape index (κ3) is 4.44. The highest BCUT2D eigenvalue weighted by molar-refractivity contribution is 7.17. The zero-order chi connectivity index (χ0) is 18.7. The minimum Gasteiger partial charge on any atom is -0.481 e. The SMILES string of the molecule is C[C@H]1CCc2c(sc(NC(=O)CCC(=O)O)c2C(=O)NC2CCCC2)C1. The van der Waals surface area contributed by atoms with Gasteiger partial charge in [-0.25, -0.2) is 0 Å². The van der Waals surface area contributed by atoms with E-state index < -0.39 is 5.97 Å². The summed E-state index contributed by atoms with van der Waals surface area (Å²) in [5.41, 5.74) is 1.67. The van der Waals surface area contributed by atoms with Gasteiger partial charge in [0.15, 0.2) is 0 Å². The number of hydrogen-bond donors (Lipinski definition) is 3. The Hall–Kier alpha value is -1.89. The monoisotopic (exact) mass is 378 g/mol. The van der Waals surface area contributed by atoms with Gasteiger partial charge in [-0.1, -0.05) is 19.8 Å². The van der Waals surface area contributed by atoms with Gasteiger partial charge in [-0.3, -0.25) is 14.4 Å². The van der Waals surface area contributed by atoms with Gasteiger partial charge in [0.1, 0.15) is 5.00 Å². The maximum Gasteiger partial charge on any atom is 0.303 e. The Morgan fingerprint density at radius 3 is 2.58 bits per heavy atom. The number of hydrogen-bond acceptors (Lipinski definition) is 4. The predicted molar refractivity (Wildman–Crippen MR) is 101 cm³/mol. The van der Waals surface area contributed by atoms with Gasteiger partial charge in [0.05, 0.1) is 12.0 Å². The van der Waals surface area contributed by atoms with Gasteiger partial charge in [0.25, 0.3) is 5.91 Å². The second kappa shape index (κ2) is 8.20. The number of aliphatic carboxylic acids is 1. The number of nitrogens with one attached hydrogen (secondary N) is 2. The van der Waals surface area contributed by atoms with Crippen LogP contribution in [0.25, 0.3) is 0 Å². The Kier molecular flexibility index (Phi) is 5.96. The zero-order valence-electron chi connectivity index (χ0n) is 15.1. The molecule has 1 saturated carbocycles. The van der Waals surface area contributed by atoms with Crippen molar-refractivity contribution in [3.8, 4) is 0 Å². The molecule has 2 amide bonds. The lowest BCUT2D eigenvalue weighted by Gasteiger charge is -2.19. The van der Waals surface area contributed by atoms with Crippen LogP contribution < -0.4 is 10.6 Å². The number of carboxylic acids is 1. The molecule has 1 heterocycles. The maximum atomic E-state index is 12.9. The molecule has 142 valence electrons. The maximum absolute atomic E-state index is 12.9. The van der Waals surface area contributed by atoms with Gasteiger partial charge >= 0.3 is 5.97 Å². The first kappa shape index (κ1) is 18.9. The Bertz CT molecular complexity index is 707. The summed E-state index contributed by atoms with van der Waals surface area (Å²) >= 11 is 1.47. The number of rotatable bonds is 6. The molecule has 2 aliphatic rings. The van der Waals surface area contributed by atoms with Crippen LogP contribution in [0.1, 0.15) is 72.7 Å². The molecular formula is C19H26N2O4S. The Balaban J connectivity index is 1.81. The highest BCUT2D eigenvalue weighted by Gasteiger charge is 2.29. The molecule has 3 rings (SSSR count). The van der Waals surface area contributed by atoms with Gasteiger partial charge in [0, 0.05) is 17.3 Å².